The molecule has 1 unspecified atom stereocenters. The Morgan fingerprint density at radius 3 is 2.55 bits per heavy atom. The average Bonchev–Trinajstić information content (AvgIpc) is 2.97. The molecular weight excluding hydrogens is 480 g/mol. The number of benzene rings is 2. The molecular formula is C30H42N4O4. The Hall–Kier alpha value is -4.07. The van der Waals surface area contributed by atoms with Gasteiger partial charge in [0.25, 0.3) is 5.91 Å². The number of aryl methyl sites for hydroxylation is 1. The van der Waals surface area contributed by atoms with Gasteiger partial charge in [-0.2, -0.15) is 0 Å². The molecule has 2 heterocycles. The minimum absolute atomic E-state index is 0.0986. The van der Waals surface area contributed by atoms with Crippen molar-refractivity contribution in [2.45, 2.75) is 46.1 Å². The van der Waals surface area contributed by atoms with Crippen molar-refractivity contribution in [2.75, 3.05) is 42.3 Å². The number of allylic oxidation sites excluding steroid dienone is 2. The molecule has 0 aliphatic carbocycles. The number of rotatable bonds is 7. The fourth-order valence-corrected chi connectivity index (χ4v) is 4.08. The van der Waals surface area contributed by atoms with Gasteiger partial charge in [0.05, 0.1) is 24.0 Å². The standard InChI is InChI=1S/C23H28N4O3.C4H6.C2H6.CH2O/c1-15-22(28)26-19-8-3-7-18(21(19)25-15)23(29)24-11-5-13-27-12-4-6-16-9-10-17(30-2)14-20(16)27;1-3-4-2;2*1-2/h3,7-10,14-15,25H,4-6,11-13H2,1-2H3,(H,24,29)(H,26,28);3-4H,1-2H2;1-2H3;1H2. The van der Waals surface area contributed by atoms with Crippen LogP contribution in [0.4, 0.5) is 17.1 Å². The largest absolute Gasteiger partial charge is 0.497 e. The van der Waals surface area contributed by atoms with Crippen molar-refractivity contribution in [3.8, 4) is 5.75 Å². The van der Waals surface area contributed by atoms with Crippen LogP contribution in [0.25, 0.3) is 0 Å². The molecule has 0 bridgehead atoms. The number of ether oxygens (including phenoxy) is 1. The topological polar surface area (TPSA) is 99.8 Å². The van der Waals surface area contributed by atoms with E-state index in [0.717, 1.165) is 38.1 Å². The summed E-state index contributed by atoms with van der Waals surface area (Å²) >= 11 is 0. The number of amides is 2. The van der Waals surface area contributed by atoms with Crippen molar-refractivity contribution in [1.82, 2.24) is 5.32 Å². The van der Waals surface area contributed by atoms with Gasteiger partial charge < -0.3 is 30.4 Å². The van der Waals surface area contributed by atoms with E-state index in [0.29, 0.717) is 23.5 Å². The fourth-order valence-electron chi connectivity index (χ4n) is 4.08. The summed E-state index contributed by atoms with van der Waals surface area (Å²) in [6.07, 6.45) is 6.35. The van der Waals surface area contributed by atoms with E-state index in [1.165, 1.54) is 11.3 Å². The van der Waals surface area contributed by atoms with Crippen LogP contribution in [0.5, 0.6) is 5.75 Å². The van der Waals surface area contributed by atoms with Gasteiger partial charge in [0.15, 0.2) is 0 Å². The summed E-state index contributed by atoms with van der Waals surface area (Å²) in [6, 6.07) is 11.2. The molecule has 8 nitrogen and oxygen atoms in total. The third-order valence-electron chi connectivity index (χ3n) is 5.89. The maximum Gasteiger partial charge on any atom is 0.253 e. The number of nitrogens with zero attached hydrogens (tertiary/aromatic N) is 1. The molecule has 2 aromatic carbocycles. The summed E-state index contributed by atoms with van der Waals surface area (Å²) in [6.45, 7) is 17.0. The first-order valence-corrected chi connectivity index (χ1v) is 12.9. The molecule has 38 heavy (non-hydrogen) atoms. The van der Waals surface area contributed by atoms with Gasteiger partial charge in [-0.25, -0.2) is 0 Å². The number of carbonyl (C=O) groups is 3. The van der Waals surface area contributed by atoms with Crippen molar-refractivity contribution in [1.29, 1.82) is 0 Å². The van der Waals surface area contributed by atoms with Crippen LogP contribution in [0.15, 0.2) is 61.7 Å². The second-order valence-electron chi connectivity index (χ2n) is 8.25. The van der Waals surface area contributed by atoms with E-state index in [1.54, 1.807) is 44.4 Å². The Labute approximate surface area is 227 Å². The van der Waals surface area contributed by atoms with Crippen LogP contribution in [0.1, 0.15) is 49.5 Å². The summed E-state index contributed by atoms with van der Waals surface area (Å²) in [5.74, 6) is 0.638. The average molecular weight is 523 g/mol. The monoisotopic (exact) mass is 522 g/mol. The molecule has 8 heteroatoms. The molecule has 2 aromatic rings. The van der Waals surface area contributed by atoms with Crippen LogP contribution in [0, 0.1) is 0 Å². The maximum atomic E-state index is 12.7. The molecule has 0 aromatic heterocycles. The van der Waals surface area contributed by atoms with Crippen LogP contribution in [-0.2, 0) is 16.0 Å². The Balaban J connectivity index is 0.000000811. The number of fused-ring (bicyclic) bond motifs is 2. The number of anilines is 3. The van der Waals surface area contributed by atoms with Gasteiger partial charge in [0.2, 0.25) is 5.91 Å². The highest BCUT2D eigenvalue weighted by atomic mass is 16.5. The third-order valence-corrected chi connectivity index (χ3v) is 5.89. The molecule has 0 spiro atoms. The van der Waals surface area contributed by atoms with E-state index in [2.05, 4.69) is 46.1 Å². The first-order valence-electron chi connectivity index (χ1n) is 12.9. The van der Waals surface area contributed by atoms with E-state index >= 15 is 0 Å². The highest BCUT2D eigenvalue weighted by Crippen LogP contribution is 2.31. The van der Waals surface area contributed by atoms with E-state index in [1.807, 2.05) is 26.7 Å². The molecule has 0 radical (unpaired) electrons. The highest BCUT2D eigenvalue weighted by Gasteiger charge is 2.25. The van der Waals surface area contributed by atoms with Gasteiger partial charge in [-0.1, -0.05) is 51.3 Å². The SMILES string of the molecule is C=CC=C.C=O.CC.COc1ccc2c(c1)N(CCCNC(=O)c1cccc3c1NC(C)C(=O)N3)CCC2. The van der Waals surface area contributed by atoms with Crippen molar-refractivity contribution in [3.05, 3.63) is 72.8 Å². The Bertz CT molecular complexity index is 1060. The Morgan fingerprint density at radius 1 is 1.18 bits per heavy atom. The van der Waals surface area contributed by atoms with Crippen molar-refractivity contribution in [2.24, 2.45) is 0 Å². The lowest BCUT2D eigenvalue weighted by Gasteiger charge is -2.31. The number of hydrogen-bond donors (Lipinski definition) is 3. The van der Waals surface area contributed by atoms with Crippen LogP contribution < -0.4 is 25.6 Å². The van der Waals surface area contributed by atoms with Crippen LogP contribution in [-0.4, -0.2) is 51.4 Å². The lowest BCUT2D eigenvalue weighted by atomic mass is 10.0. The summed E-state index contributed by atoms with van der Waals surface area (Å²) in [5.41, 5.74) is 4.46. The van der Waals surface area contributed by atoms with E-state index in [-0.39, 0.29) is 17.9 Å². The van der Waals surface area contributed by atoms with Gasteiger partial charge >= 0.3 is 0 Å². The van der Waals surface area contributed by atoms with Crippen molar-refractivity contribution >= 4 is 35.7 Å². The first kappa shape index (κ1) is 32.0. The molecule has 0 fully saturated rings. The van der Waals surface area contributed by atoms with E-state index in [4.69, 9.17) is 9.53 Å². The van der Waals surface area contributed by atoms with Crippen molar-refractivity contribution < 1.29 is 19.1 Å². The zero-order valence-corrected chi connectivity index (χ0v) is 23.1. The zero-order valence-electron chi connectivity index (χ0n) is 23.1. The molecule has 2 aliphatic rings. The van der Waals surface area contributed by atoms with E-state index < -0.39 is 0 Å². The van der Waals surface area contributed by atoms with Gasteiger partial charge in [-0.3, -0.25) is 9.59 Å². The number of nitrogens with one attached hydrogen (secondary N) is 3. The second kappa shape index (κ2) is 17.4. The molecule has 3 N–H and O–H groups in total. The van der Waals surface area contributed by atoms with E-state index in [9.17, 15) is 9.59 Å². The van der Waals surface area contributed by atoms with Gasteiger partial charge in [-0.05, 0) is 49.9 Å². The third kappa shape index (κ3) is 8.80. The predicted molar refractivity (Wildman–Crippen MR) is 157 cm³/mol. The predicted octanol–water partition coefficient (Wildman–Crippen LogP) is 5.22. The van der Waals surface area contributed by atoms with Crippen LogP contribution in [0.3, 0.4) is 0 Å². The molecule has 0 saturated heterocycles. The lowest BCUT2D eigenvalue weighted by molar-refractivity contribution is -0.116. The maximum absolute atomic E-state index is 12.7. The Kier molecular flexibility index (Phi) is 14.6. The second-order valence-corrected chi connectivity index (χ2v) is 8.25. The number of methoxy groups -OCH3 is 1. The molecule has 2 amide bonds. The molecule has 1 atom stereocenters. The summed E-state index contributed by atoms with van der Waals surface area (Å²) in [7, 11) is 1.69. The lowest BCUT2D eigenvalue weighted by Crippen LogP contribution is -2.38. The van der Waals surface area contributed by atoms with Gasteiger partial charge in [0.1, 0.15) is 18.6 Å². The van der Waals surface area contributed by atoms with Crippen LogP contribution in [0.2, 0.25) is 0 Å². The fraction of sp³-hybridized carbons (Fsp3) is 0.367. The first-order chi connectivity index (χ1) is 18.5. The Morgan fingerprint density at radius 2 is 1.89 bits per heavy atom. The smallest absolute Gasteiger partial charge is 0.253 e. The van der Waals surface area contributed by atoms with Crippen LogP contribution >= 0.6 is 0 Å². The molecule has 206 valence electrons. The number of hydrogen-bond acceptors (Lipinski definition) is 6. The molecule has 4 rings (SSSR count). The number of carbonyl (C=O) groups excluding carboxylic acids is 3. The molecule has 0 saturated carbocycles. The summed E-state index contributed by atoms with van der Waals surface area (Å²) in [4.78, 5) is 35.0. The minimum Gasteiger partial charge on any atom is -0.497 e. The summed E-state index contributed by atoms with van der Waals surface area (Å²) < 4.78 is 5.38. The zero-order chi connectivity index (χ0) is 28.5. The normalized spacial score (nSPS) is 14.5. The molecule has 2 aliphatic heterocycles. The summed E-state index contributed by atoms with van der Waals surface area (Å²) in [5, 5.41) is 8.98. The number of para-hydroxylation sites is 1. The van der Waals surface area contributed by atoms with Crippen molar-refractivity contribution in [3.63, 3.8) is 0 Å². The highest BCUT2D eigenvalue weighted by molar-refractivity contribution is 6.09. The quantitative estimate of drug-likeness (QED) is 0.341. The minimum atomic E-state index is -0.373. The van der Waals surface area contributed by atoms with Gasteiger partial charge in [0, 0.05) is 31.4 Å². The van der Waals surface area contributed by atoms with Gasteiger partial charge in [-0.15, -0.1) is 0 Å².